The Morgan fingerprint density at radius 2 is 1.88 bits per heavy atom. The maximum absolute atomic E-state index is 12.8. The van der Waals surface area contributed by atoms with Gasteiger partial charge >= 0.3 is 5.97 Å². The summed E-state index contributed by atoms with van der Waals surface area (Å²) >= 11 is 1.10. The van der Waals surface area contributed by atoms with E-state index in [4.69, 9.17) is 9.26 Å². The van der Waals surface area contributed by atoms with Gasteiger partial charge in [-0.1, -0.05) is 11.2 Å². The number of thioether (sulfide) groups is 1. The SMILES string of the molecule is Cc1cc(NC(=O)CSCC(=O)OCC(=O)c2cc(C)n(-c3ccc4c(c3)CCC4)c2C)no1. The maximum atomic E-state index is 12.8. The van der Waals surface area contributed by atoms with Gasteiger partial charge in [0, 0.05) is 28.7 Å². The topological polar surface area (TPSA) is 103 Å². The van der Waals surface area contributed by atoms with Gasteiger partial charge in [0.1, 0.15) is 5.76 Å². The van der Waals surface area contributed by atoms with E-state index >= 15 is 0 Å². The number of benzene rings is 1. The minimum Gasteiger partial charge on any atom is -0.457 e. The van der Waals surface area contributed by atoms with E-state index in [9.17, 15) is 14.4 Å². The zero-order chi connectivity index (χ0) is 24.2. The number of hydrogen-bond acceptors (Lipinski definition) is 7. The van der Waals surface area contributed by atoms with Crippen molar-refractivity contribution < 1.29 is 23.6 Å². The fourth-order valence-corrected chi connectivity index (χ4v) is 4.85. The van der Waals surface area contributed by atoms with Crippen molar-refractivity contribution in [2.24, 2.45) is 0 Å². The first-order valence-corrected chi connectivity index (χ1v) is 12.3. The lowest BCUT2D eigenvalue weighted by molar-refractivity contribution is -0.139. The first kappa shape index (κ1) is 23.8. The lowest BCUT2D eigenvalue weighted by atomic mass is 10.1. The zero-order valence-electron chi connectivity index (χ0n) is 19.5. The molecule has 0 unspecified atom stereocenters. The van der Waals surface area contributed by atoms with Crippen molar-refractivity contribution in [1.82, 2.24) is 9.72 Å². The third-order valence-electron chi connectivity index (χ3n) is 5.78. The molecular weight excluding hydrogens is 454 g/mol. The van der Waals surface area contributed by atoms with Gasteiger partial charge in [-0.3, -0.25) is 14.4 Å². The van der Waals surface area contributed by atoms with E-state index < -0.39 is 5.97 Å². The number of anilines is 1. The Kier molecular flexibility index (Phi) is 7.21. The van der Waals surface area contributed by atoms with Crippen LogP contribution in [0.1, 0.15) is 45.1 Å². The number of fused-ring (bicyclic) bond motifs is 1. The fourth-order valence-electron chi connectivity index (χ4n) is 4.24. The van der Waals surface area contributed by atoms with Gasteiger partial charge in [0.2, 0.25) is 11.7 Å². The predicted molar refractivity (Wildman–Crippen MR) is 130 cm³/mol. The third-order valence-corrected chi connectivity index (χ3v) is 6.69. The zero-order valence-corrected chi connectivity index (χ0v) is 20.3. The number of ether oxygens (including phenoxy) is 1. The van der Waals surface area contributed by atoms with Crippen LogP contribution in [0.15, 0.2) is 34.9 Å². The Morgan fingerprint density at radius 1 is 1.09 bits per heavy atom. The summed E-state index contributed by atoms with van der Waals surface area (Å²) in [4.78, 5) is 36.7. The number of ketones is 1. The highest BCUT2D eigenvalue weighted by molar-refractivity contribution is 8.00. The molecule has 0 atom stereocenters. The molecule has 2 aromatic heterocycles. The molecular formula is C25H27N3O5S. The summed E-state index contributed by atoms with van der Waals surface area (Å²) < 4.78 is 12.1. The van der Waals surface area contributed by atoms with E-state index in [1.807, 2.05) is 19.9 Å². The van der Waals surface area contributed by atoms with E-state index in [1.54, 1.807) is 13.0 Å². The summed E-state index contributed by atoms with van der Waals surface area (Å²) in [5.41, 5.74) is 6.13. The minimum absolute atomic E-state index is 0.0350. The van der Waals surface area contributed by atoms with Gasteiger partial charge in [-0.15, -0.1) is 11.8 Å². The number of aryl methyl sites for hydroxylation is 4. The molecule has 0 saturated carbocycles. The normalized spacial score (nSPS) is 12.4. The smallest absolute Gasteiger partial charge is 0.316 e. The van der Waals surface area contributed by atoms with Crippen LogP contribution in [0.2, 0.25) is 0 Å². The van der Waals surface area contributed by atoms with Gasteiger partial charge in [-0.05, 0) is 69.4 Å². The standard InChI is InChI=1S/C25H27N3O5S/c1-15-9-21(17(3)28(15)20-8-7-18-5-4-6-19(18)11-20)22(29)12-32-25(31)14-34-13-24(30)26-23-10-16(2)33-27-23/h7-11H,4-6,12-14H2,1-3H3,(H,26,27,30). The molecule has 1 aliphatic carbocycles. The fraction of sp³-hybridized carbons (Fsp3) is 0.360. The number of rotatable bonds is 9. The maximum Gasteiger partial charge on any atom is 0.316 e. The monoisotopic (exact) mass is 481 g/mol. The number of hydrogen-bond donors (Lipinski definition) is 1. The molecule has 2 heterocycles. The predicted octanol–water partition coefficient (Wildman–Crippen LogP) is 3.98. The molecule has 1 amide bonds. The average Bonchev–Trinajstić information content (AvgIpc) is 3.50. The first-order valence-electron chi connectivity index (χ1n) is 11.1. The van der Waals surface area contributed by atoms with Crippen molar-refractivity contribution in [2.75, 3.05) is 23.4 Å². The average molecular weight is 482 g/mol. The van der Waals surface area contributed by atoms with Crippen LogP contribution in [0.25, 0.3) is 5.69 Å². The summed E-state index contributed by atoms with van der Waals surface area (Å²) in [6.45, 7) is 5.25. The van der Waals surface area contributed by atoms with E-state index in [0.29, 0.717) is 17.1 Å². The molecule has 9 heteroatoms. The number of aromatic nitrogens is 2. The number of Topliss-reactive ketones (excluding diaryl/α,β-unsaturated/α-hetero) is 1. The number of nitrogens with zero attached hydrogens (tertiary/aromatic N) is 2. The Labute approximate surface area is 202 Å². The van der Waals surface area contributed by atoms with Crippen molar-refractivity contribution in [3.05, 3.63) is 64.2 Å². The molecule has 8 nitrogen and oxygen atoms in total. The quantitative estimate of drug-likeness (QED) is 0.364. The second-order valence-corrected chi connectivity index (χ2v) is 9.36. The Morgan fingerprint density at radius 3 is 2.65 bits per heavy atom. The molecule has 0 bridgehead atoms. The molecule has 0 saturated heterocycles. The molecule has 4 rings (SSSR count). The highest BCUT2D eigenvalue weighted by atomic mass is 32.2. The van der Waals surface area contributed by atoms with Crippen molar-refractivity contribution in [3.63, 3.8) is 0 Å². The van der Waals surface area contributed by atoms with Crippen molar-refractivity contribution in [2.45, 2.75) is 40.0 Å². The van der Waals surface area contributed by atoms with Gasteiger partial charge in [0.25, 0.3) is 0 Å². The number of carbonyl (C=O) groups is 3. The van der Waals surface area contributed by atoms with Crippen LogP contribution in [-0.4, -0.2) is 45.5 Å². The summed E-state index contributed by atoms with van der Waals surface area (Å²) in [5, 5.41) is 6.25. The van der Waals surface area contributed by atoms with Gasteiger partial charge < -0.3 is 19.1 Å². The van der Waals surface area contributed by atoms with Crippen LogP contribution in [0.3, 0.4) is 0 Å². The van der Waals surface area contributed by atoms with Crippen LogP contribution in [0, 0.1) is 20.8 Å². The molecule has 1 aliphatic rings. The van der Waals surface area contributed by atoms with E-state index in [-0.39, 0.29) is 29.8 Å². The molecule has 0 aliphatic heterocycles. The molecule has 0 fully saturated rings. The Bertz CT molecular complexity index is 1240. The minimum atomic E-state index is -0.545. The molecule has 0 radical (unpaired) electrons. The second-order valence-electron chi connectivity index (χ2n) is 8.37. The van der Waals surface area contributed by atoms with Gasteiger partial charge in [0.15, 0.2) is 12.4 Å². The Hall–Kier alpha value is -3.33. The molecule has 178 valence electrons. The molecule has 0 spiro atoms. The van der Waals surface area contributed by atoms with Crippen LogP contribution in [0.5, 0.6) is 0 Å². The highest BCUT2D eigenvalue weighted by Crippen LogP contribution is 2.27. The lowest BCUT2D eigenvalue weighted by Crippen LogP contribution is -2.18. The van der Waals surface area contributed by atoms with Crippen molar-refractivity contribution in [3.8, 4) is 5.69 Å². The summed E-state index contributed by atoms with van der Waals surface area (Å²) in [5.74, 6) is -0.170. The van der Waals surface area contributed by atoms with Gasteiger partial charge in [-0.2, -0.15) is 0 Å². The first-order chi connectivity index (χ1) is 16.3. The highest BCUT2D eigenvalue weighted by Gasteiger charge is 2.20. The van der Waals surface area contributed by atoms with Crippen LogP contribution < -0.4 is 5.32 Å². The number of carbonyl (C=O) groups excluding carboxylic acids is 3. The second kappa shape index (κ2) is 10.3. The van der Waals surface area contributed by atoms with E-state index in [2.05, 4.69) is 33.2 Å². The largest absolute Gasteiger partial charge is 0.457 e. The third kappa shape index (κ3) is 5.41. The molecule has 34 heavy (non-hydrogen) atoms. The number of nitrogens with one attached hydrogen (secondary N) is 1. The van der Waals surface area contributed by atoms with Crippen molar-refractivity contribution in [1.29, 1.82) is 0 Å². The number of esters is 1. The number of amides is 1. The van der Waals surface area contributed by atoms with E-state index in [0.717, 1.165) is 41.7 Å². The lowest BCUT2D eigenvalue weighted by Gasteiger charge is -2.12. The molecule has 1 aromatic carbocycles. The summed E-state index contributed by atoms with van der Waals surface area (Å²) in [6.07, 6.45) is 3.39. The Balaban J connectivity index is 1.28. The van der Waals surface area contributed by atoms with Crippen molar-refractivity contribution >= 4 is 35.2 Å². The van der Waals surface area contributed by atoms with Crippen LogP contribution in [0.4, 0.5) is 5.82 Å². The summed E-state index contributed by atoms with van der Waals surface area (Å²) in [7, 11) is 0. The van der Waals surface area contributed by atoms with Gasteiger partial charge in [0.05, 0.1) is 11.5 Å². The van der Waals surface area contributed by atoms with Crippen LogP contribution in [-0.2, 0) is 27.2 Å². The van der Waals surface area contributed by atoms with Gasteiger partial charge in [-0.25, -0.2) is 0 Å². The summed E-state index contributed by atoms with van der Waals surface area (Å²) in [6, 6.07) is 9.90. The van der Waals surface area contributed by atoms with E-state index in [1.165, 1.54) is 17.5 Å². The molecule has 3 aromatic rings. The van der Waals surface area contributed by atoms with Crippen LogP contribution >= 0.6 is 11.8 Å². The molecule has 1 N–H and O–H groups in total.